The first-order valence-electron chi connectivity index (χ1n) is 12.0. The lowest BCUT2D eigenvalue weighted by Gasteiger charge is -2.27. The van der Waals surface area contributed by atoms with Crippen molar-refractivity contribution < 1.29 is 5.11 Å². The van der Waals surface area contributed by atoms with Crippen molar-refractivity contribution in [1.29, 1.82) is 0 Å². The summed E-state index contributed by atoms with van der Waals surface area (Å²) in [6.07, 6.45) is 11.7. The number of likely N-dealkylation sites (tertiary alicyclic amines) is 1. The van der Waals surface area contributed by atoms with E-state index in [0.717, 1.165) is 92.4 Å². The Labute approximate surface area is 196 Å². The second kappa shape index (κ2) is 11.3. The van der Waals surface area contributed by atoms with Crippen molar-refractivity contribution in [2.45, 2.75) is 77.0 Å². The number of rotatable bonds is 9. The fourth-order valence-corrected chi connectivity index (χ4v) is 4.67. The minimum Gasteiger partial charge on any atom is -0.393 e. The number of nitrogens with zero attached hydrogens (tertiary/aromatic N) is 4. The maximum Gasteiger partial charge on any atom is 0.224 e. The highest BCUT2D eigenvalue weighted by Crippen LogP contribution is 2.31. The van der Waals surface area contributed by atoms with E-state index in [0.29, 0.717) is 5.95 Å². The maximum atomic E-state index is 9.86. The van der Waals surface area contributed by atoms with E-state index in [2.05, 4.69) is 27.4 Å². The van der Waals surface area contributed by atoms with Crippen LogP contribution in [0, 0.1) is 0 Å². The van der Waals surface area contributed by atoms with Gasteiger partial charge in [-0.3, -0.25) is 9.88 Å². The van der Waals surface area contributed by atoms with Crippen LogP contribution in [-0.2, 0) is 6.54 Å². The highest BCUT2D eigenvalue weighted by atomic mass is 35.5. The molecule has 0 atom stereocenters. The molecule has 2 fully saturated rings. The summed E-state index contributed by atoms with van der Waals surface area (Å²) >= 11 is 6.67. The molecule has 1 saturated carbocycles. The van der Waals surface area contributed by atoms with E-state index in [9.17, 15) is 5.11 Å². The molecule has 0 spiro atoms. The van der Waals surface area contributed by atoms with Crippen LogP contribution in [0.1, 0.15) is 63.9 Å². The van der Waals surface area contributed by atoms with Gasteiger partial charge in [0, 0.05) is 42.1 Å². The number of anilines is 2. The summed E-state index contributed by atoms with van der Waals surface area (Å²) in [5.74, 6) is 1.40. The summed E-state index contributed by atoms with van der Waals surface area (Å²) in [6.45, 7) is 6.11. The zero-order valence-corrected chi connectivity index (χ0v) is 19.7. The van der Waals surface area contributed by atoms with Crippen molar-refractivity contribution in [3.8, 4) is 11.3 Å². The van der Waals surface area contributed by atoms with Gasteiger partial charge in [-0.1, -0.05) is 24.9 Å². The van der Waals surface area contributed by atoms with E-state index in [1.165, 1.54) is 12.8 Å². The van der Waals surface area contributed by atoms with Crippen LogP contribution in [0.15, 0.2) is 18.5 Å². The number of hydrogen-bond acceptors (Lipinski definition) is 7. The number of nitrogens with one attached hydrogen (secondary N) is 2. The molecule has 1 aliphatic carbocycles. The first kappa shape index (κ1) is 23.2. The Hall–Kier alpha value is -1.96. The third kappa shape index (κ3) is 6.09. The van der Waals surface area contributed by atoms with Crippen LogP contribution in [0.2, 0.25) is 5.02 Å². The Morgan fingerprint density at radius 1 is 1.12 bits per heavy atom. The quantitative estimate of drug-likeness (QED) is 0.469. The molecule has 3 N–H and O–H groups in total. The smallest absolute Gasteiger partial charge is 0.224 e. The summed E-state index contributed by atoms with van der Waals surface area (Å²) in [4.78, 5) is 16.5. The molecule has 3 heterocycles. The van der Waals surface area contributed by atoms with Crippen LogP contribution in [0.4, 0.5) is 11.8 Å². The zero-order valence-electron chi connectivity index (χ0n) is 19.0. The summed E-state index contributed by atoms with van der Waals surface area (Å²) < 4.78 is 0. The van der Waals surface area contributed by atoms with Gasteiger partial charge in [0.25, 0.3) is 0 Å². The van der Waals surface area contributed by atoms with Gasteiger partial charge in [0.15, 0.2) is 0 Å². The lowest BCUT2D eigenvalue weighted by Crippen LogP contribution is -2.29. The molecule has 4 rings (SSSR count). The van der Waals surface area contributed by atoms with Gasteiger partial charge in [-0.25, -0.2) is 4.98 Å². The predicted octanol–water partition coefficient (Wildman–Crippen LogP) is 4.72. The van der Waals surface area contributed by atoms with Gasteiger partial charge in [-0.15, -0.1) is 0 Å². The first-order chi connectivity index (χ1) is 15.6. The second-order valence-electron chi connectivity index (χ2n) is 9.03. The van der Waals surface area contributed by atoms with Gasteiger partial charge in [-0.05, 0) is 64.1 Å². The first-order valence-corrected chi connectivity index (χ1v) is 12.4. The molecule has 2 aromatic rings. The molecule has 1 saturated heterocycles. The van der Waals surface area contributed by atoms with Gasteiger partial charge in [0.2, 0.25) is 5.95 Å². The van der Waals surface area contributed by atoms with Crippen molar-refractivity contribution in [3.63, 3.8) is 0 Å². The van der Waals surface area contributed by atoms with Crippen LogP contribution in [-0.4, -0.2) is 56.7 Å². The number of aliphatic hydroxyl groups is 1. The zero-order chi connectivity index (χ0) is 22.3. The highest BCUT2D eigenvalue weighted by Gasteiger charge is 2.22. The molecule has 0 aromatic carbocycles. The van der Waals surface area contributed by atoms with E-state index in [-0.39, 0.29) is 12.1 Å². The summed E-state index contributed by atoms with van der Waals surface area (Å²) in [5, 5.41) is 17.5. The molecular formula is C24H35ClN6O. The summed E-state index contributed by atoms with van der Waals surface area (Å²) in [7, 11) is 0. The van der Waals surface area contributed by atoms with Crippen molar-refractivity contribution in [1.82, 2.24) is 19.9 Å². The molecule has 174 valence electrons. The third-order valence-corrected chi connectivity index (χ3v) is 6.79. The molecule has 0 bridgehead atoms. The largest absolute Gasteiger partial charge is 0.393 e. The second-order valence-corrected chi connectivity index (χ2v) is 9.44. The van der Waals surface area contributed by atoms with Gasteiger partial charge in [0.05, 0.1) is 17.4 Å². The standard InChI is InChI=1S/C24H35ClN6O/c1-2-3-10-26-24-28-15-20(23(30-24)29-18-6-8-19(32)9-7-18)22-13-21(25)17(14-27-22)16-31-11-4-5-12-31/h13-15,18-19,32H,2-12,16H2,1H3,(H2,26,28,29,30). The molecule has 0 amide bonds. The van der Waals surface area contributed by atoms with Gasteiger partial charge >= 0.3 is 0 Å². The fraction of sp³-hybridized carbons (Fsp3) is 0.625. The van der Waals surface area contributed by atoms with Crippen LogP contribution < -0.4 is 10.6 Å². The molecule has 7 nitrogen and oxygen atoms in total. The van der Waals surface area contributed by atoms with Crippen LogP contribution >= 0.6 is 11.6 Å². The SMILES string of the molecule is CCCCNc1ncc(-c2cc(Cl)c(CN3CCCC3)cn2)c(NC2CCC(O)CC2)n1. The van der Waals surface area contributed by atoms with E-state index in [4.69, 9.17) is 21.6 Å². The van der Waals surface area contributed by atoms with Crippen molar-refractivity contribution in [2.24, 2.45) is 0 Å². The average Bonchev–Trinajstić information content (AvgIpc) is 3.30. The number of pyridine rings is 1. The minimum absolute atomic E-state index is 0.187. The topological polar surface area (TPSA) is 86.2 Å². The normalized spacial score (nSPS) is 21.6. The average molecular weight is 459 g/mol. The number of halogens is 1. The number of aliphatic hydroxyl groups excluding tert-OH is 1. The highest BCUT2D eigenvalue weighted by molar-refractivity contribution is 6.31. The van der Waals surface area contributed by atoms with Gasteiger partial charge in [-0.2, -0.15) is 4.98 Å². The van der Waals surface area contributed by atoms with Crippen LogP contribution in [0.25, 0.3) is 11.3 Å². The number of hydrogen-bond donors (Lipinski definition) is 3. The van der Waals surface area contributed by atoms with Gasteiger partial charge < -0.3 is 15.7 Å². The summed E-state index contributed by atoms with van der Waals surface area (Å²) in [6, 6.07) is 2.21. The van der Waals surface area contributed by atoms with Crippen LogP contribution in [0.3, 0.4) is 0 Å². The predicted molar refractivity (Wildman–Crippen MR) is 130 cm³/mol. The van der Waals surface area contributed by atoms with Gasteiger partial charge in [0.1, 0.15) is 5.82 Å². The molecule has 2 aliphatic rings. The maximum absolute atomic E-state index is 9.86. The van der Waals surface area contributed by atoms with E-state index in [1.54, 1.807) is 0 Å². The number of aromatic nitrogens is 3. The molecule has 0 radical (unpaired) electrons. The van der Waals surface area contributed by atoms with E-state index in [1.807, 2.05) is 18.5 Å². The Morgan fingerprint density at radius 2 is 1.91 bits per heavy atom. The minimum atomic E-state index is -0.187. The molecule has 2 aromatic heterocycles. The van der Waals surface area contributed by atoms with Crippen molar-refractivity contribution in [2.75, 3.05) is 30.3 Å². The summed E-state index contributed by atoms with van der Waals surface area (Å²) in [5.41, 5.74) is 2.69. The van der Waals surface area contributed by atoms with E-state index < -0.39 is 0 Å². The third-order valence-electron chi connectivity index (χ3n) is 6.44. The Kier molecular flexibility index (Phi) is 8.16. The molecular weight excluding hydrogens is 424 g/mol. The molecule has 1 aliphatic heterocycles. The number of unbranched alkanes of at least 4 members (excludes halogenated alkanes) is 1. The molecule has 0 unspecified atom stereocenters. The Balaban J connectivity index is 1.56. The van der Waals surface area contributed by atoms with Crippen LogP contribution in [0.5, 0.6) is 0 Å². The lowest BCUT2D eigenvalue weighted by atomic mass is 9.93. The monoisotopic (exact) mass is 458 g/mol. The lowest BCUT2D eigenvalue weighted by molar-refractivity contribution is 0.126. The van der Waals surface area contributed by atoms with E-state index >= 15 is 0 Å². The Bertz CT molecular complexity index is 881. The van der Waals surface area contributed by atoms with Crippen molar-refractivity contribution in [3.05, 3.63) is 29.0 Å². The van der Waals surface area contributed by atoms with Crippen molar-refractivity contribution >= 4 is 23.4 Å². The fourth-order valence-electron chi connectivity index (χ4n) is 4.46. The Morgan fingerprint density at radius 3 is 2.62 bits per heavy atom. The molecule has 8 heteroatoms. The molecule has 32 heavy (non-hydrogen) atoms.